The maximum absolute atomic E-state index is 11.8. The van der Waals surface area contributed by atoms with Crippen molar-refractivity contribution in [1.82, 2.24) is 9.71 Å². The minimum atomic E-state index is -2.29. The van der Waals surface area contributed by atoms with E-state index in [2.05, 4.69) is 15.0 Å². The van der Waals surface area contributed by atoms with Crippen LogP contribution in [0.4, 0.5) is 5.69 Å². The maximum atomic E-state index is 11.8. The highest BCUT2D eigenvalue weighted by atomic mass is 32.2. The van der Waals surface area contributed by atoms with Crippen LogP contribution in [0.1, 0.15) is 12.5 Å². The normalized spacial score (nSPS) is 13.1. The number of ether oxygens (including phenoxy) is 1. The largest absolute Gasteiger partial charge is 0.760 e. The van der Waals surface area contributed by atoms with Crippen molar-refractivity contribution >= 4 is 22.9 Å². The molecule has 0 radical (unpaired) electrons. The van der Waals surface area contributed by atoms with Gasteiger partial charge in [0.1, 0.15) is 5.75 Å². The van der Waals surface area contributed by atoms with Gasteiger partial charge in [-0.15, -0.1) is 0 Å². The third-order valence-electron chi connectivity index (χ3n) is 3.07. The van der Waals surface area contributed by atoms with Crippen molar-refractivity contribution in [2.75, 3.05) is 11.9 Å². The molecule has 1 amide bonds. The Hall–Kier alpha value is -2.29. The van der Waals surface area contributed by atoms with Gasteiger partial charge in [-0.2, -0.15) is 0 Å². The van der Waals surface area contributed by atoms with Gasteiger partial charge in [-0.05, 0) is 43.2 Å². The average Bonchev–Trinajstić information content (AvgIpc) is 2.53. The van der Waals surface area contributed by atoms with E-state index in [1.165, 1.54) is 0 Å². The number of anilines is 1. The number of pyridine rings is 1. The molecule has 2 rings (SSSR count). The van der Waals surface area contributed by atoms with Crippen molar-refractivity contribution in [3.05, 3.63) is 54.4 Å². The summed E-state index contributed by atoms with van der Waals surface area (Å²) in [6, 6.07) is 10.3. The minimum absolute atomic E-state index is 0.121. The molecular weight excluding hydrogens is 330 g/mol. The monoisotopic (exact) mass is 348 g/mol. The second-order valence-electron chi connectivity index (χ2n) is 5.18. The maximum Gasteiger partial charge on any atom is 0.262 e. The number of hydrogen-bond acceptors (Lipinski definition) is 5. The molecule has 0 bridgehead atoms. The Morgan fingerprint density at radius 3 is 2.79 bits per heavy atom. The Morgan fingerprint density at radius 2 is 2.08 bits per heavy atom. The second kappa shape index (κ2) is 9.11. The van der Waals surface area contributed by atoms with E-state index in [0.29, 0.717) is 17.9 Å². The fourth-order valence-electron chi connectivity index (χ4n) is 2.10. The number of aromatic nitrogens is 1. The van der Waals surface area contributed by atoms with Gasteiger partial charge >= 0.3 is 0 Å². The van der Waals surface area contributed by atoms with Crippen LogP contribution in [0.5, 0.6) is 5.75 Å². The molecule has 0 aliphatic carbocycles. The van der Waals surface area contributed by atoms with E-state index in [1.54, 1.807) is 49.6 Å². The fraction of sp³-hybridized carbons (Fsp3) is 0.250. The Balaban J connectivity index is 1.85. The third kappa shape index (κ3) is 6.45. The summed E-state index contributed by atoms with van der Waals surface area (Å²) in [7, 11) is 0. The molecule has 128 valence electrons. The molecule has 8 heteroatoms. The van der Waals surface area contributed by atoms with Gasteiger partial charge in [0.05, 0.1) is 0 Å². The molecule has 0 aliphatic heterocycles. The quantitative estimate of drug-likeness (QED) is 0.702. The zero-order valence-electron chi connectivity index (χ0n) is 13.1. The molecule has 0 aliphatic rings. The molecule has 2 atom stereocenters. The van der Waals surface area contributed by atoms with Crippen LogP contribution in [0.15, 0.2) is 48.8 Å². The van der Waals surface area contributed by atoms with Crippen LogP contribution in [-0.2, 0) is 22.5 Å². The highest BCUT2D eigenvalue weighted by Crippen LogP contribution is 2.15. The van der Waals surface area contributed by atoms with Gasteiger partial charge in [-0.25, -0.2) is 4.72 Å². The first-order chi connectivity index (χ1) is 11.5. The molecular formula is C16H18N3O4S-. The first kappa shape index (κ1) is 18.1. The lowest BCUT2D eigenvalue weighted by Crippen LogP contribution is -2.29. The number of rotatable bonds is 8. The second-order valence-corrected chi connectivity index (χ2v) is 5.88. The summed E-state index contributed by atoms with van der Waals surface area (Å²) < 4.78 is 29.1. The van der Waals surface area contributed by atoms with Gasteiger partial charge in [0.25, 0.3) is 5.91 Å². The fourth-order valence-corrected chi connectivity index (χ4v) is 2.51. The highest BCUT2D eigenvalue weighted by Gasteiger charge is 2.06. The predicted molar refractivity (Wildman–Crippen MR) is 90.0 cm³/mol. The molecule has 2 aromatic rings. The molecule has 2 unspecified atom stereocenters. The van der Waals surface area contributed by atoms with Crippen LogP contribution in [0, 0.1) is 0 Å². The zero-order chi connectivity index (χ0) is 17.4. The van der Waals surface area contributed by atoms with E-state index in [4.69, 9.17) is 4.74 Å². The van der Waals surface area contributed by atoms with Crippen LogP contribution < -0.4 is 14.8 Å². The highest BCUT2D eigenvalue weighted by molar-refractivity contribution is 7.77. The number of carbonyl (C=O) groups excluding carboxylic acids is 1. The van der Waals surface area contributed by atoms with Crippen molar-refractivity contribution in [2.24, 2.45) is 0 Å². The topological polar surface area (TPSA) is 103 Å². The molecule has 0 spiro atoms. The van der Waals surface area contributed by atoms with Crippen molar-refractivity contribution < 1.29 is 18.3 Å². The van der Waals surface area contributed by atoms with Crippen molar-refractivity contribution in [3.8, 4) is 5.75 Å². The lowest BCUT2D eigenvalue weighted by Gasteiger charge is -2.16. The number of amides is 1. The Morgan fingerprint density at radius 1 is 1.33 bits per heavy atom. The number of nitrogens with one attached hydrogen (secondary N) is 2. The van der Waals surface area contributed by atoms with Crippen molar-refractivity contribution in [1.29, 1.82) is 0 Å². The first-order valence-corrected chi connectivity index (χ1v) is 8.37. The van der Waals surface area contributed by atoms with E-state index < -0.39 is 11.3 Å². The van der Waals surface area contributed by atoms with Crippen LogP contribution in [-0.4, -0.2) is 32.3 Å². The lowest BCUT2D eigenvalue weighted by molar-refractivity contribution is -0.118. The summed E-state index contributed by atoms with van der Waals surface area (Å²) in [5.74, 6) is 0.274. The standard InChI is InChI=1S/C16H19N3O4S/c1-12(19-24(21)22)9-13-3-2-4-15(10-13)23-11-16(20)18-14-5-7-17-8-6-14/h2-8,10,12,19H,9,11H2,1H3,(H,21,22)(H,17,18,20)/p-1. The Labute approximate surface area is 142 Å². The Kier molecular flexibility index (Phi) is 6.86. The smallest absolute Gasteiger partial charge is 0.262 e. The van der Waals surface area contributed by atoms with Gasteiger partial charge in [-0.1, -0.05) is 12.1 Å². The summed E-state index contributed by atoms with van der Waals surface area (Å²) in [5.41, 5.74) is 1.56. The van der Waals surface area contributed by atoms with Crippen LogP contribution in [0.3, 0.4) is 0 Å². The van der Waals surface area contributed by atoms with E-state index in [1.807, 2.05) is 6.07 Å². The Bertz CT molecular complexity index is 697. The molecule has 1 heterocycles. The molecule has 0 fully saturated rings. The van der Waals surface area contributed by atoms with Crippen LogP contribution >= 0.6 is 0 Å². The summed E-state index contributed by atoms with van der Waals surface area (Å²) in [6.45, 7) is 1.65. The molecule has 1 aromatic carbocycles. The third-order valence-corrected chi connectivity index (χ3v) is 3.67. The number of hydrogen-bond donors (Lipinski definition) is 2. The van der Waals surface area contributed by atoms with Gasteiger partial charge in [-0.3, -0.25) is 14.0 Å². The van der Waals surface area contributed by atoms with E-state index in [0.717, 1.165) is 5.56 Å². The summed E-state index contributed by atoms with van der Waals surface area (Å²) in [4.78, 5) is 15.7. The average molecular weight is 348 g/mol. The van der Waals surface area contributed by atoms with Crippen LogP contribution in [0.2, 0.25) is 0 Å². The lowest BCUT2D eigenvalue weighted by atomic mass is 10.1. The zero-order valence-corrected chi connectivity index (χ0v) is 13.9. The van der Waals surface area contributed by atoms with Gasteiger partial charge < -0.3 is 14.6 Å². The number of nitrogens with zero attached hydrogens (tertiary/aromatic N) is 1. The van der Waals surface area contributed by atoms with E-state index >= 15 is 0 Å². The molecule has 0 saturated heterocycles. The van der Waals surface area contributed by atoms with Gasteiger partial charge in [0.15, 0.2) is 6.61 Å². The van der Waals surface area contributed by atoms with Gasteiger partial charge in [0, 0.05) is 35.4 Å². The molecule has 2 N–H and O–H groups in total. The summed E-state index contributed by atoms with van der Waals surface area (Å²) >= 11 is -2.29. The summed E-state index contributed by atoms with van der Waals surface area (Å²) in [5, 5.41) is 2.70. The number of benzene rings is 1. The molecule has 24 heavy (non-hydrogen) atoms. The van der Waals surface area contributed by atoms with Crippen LogP contribution in [0.25, 0.3) is 0 Å². The van der Waals surface area contributed by atoms with E-state index in [-0.39, 0.29) is 18.6 Å². The van der Waals surface area contributed by atoms with Crippen molar-refractivity contribution in [2.45, 2.75) is 19.4 Å². The van der Waals surface area contributed by atoms with E-state index in [9.17, 15) is 13.6 Å². The minimum Gasteiger partial charge on any atom is -0.760 e. The van der Waals surface area contributed by atoms with Crippen molar-refractivity contribution in [3.63, 3.8) is 0 Å². The molecule has 0 saturated carbocycles. The number of carbonyl (C=O) groups is 1. The summed E-state index contributed by atoms with van der Waals surface area (Å²) in [6.07, 6.45) is 3.70. The molecule has 7 nitrogen and oxygen atoms in total. The predicted octanol–water partition coefficient (Wildman–Crippen LogP) is 1.41. The SMILES string of the molecule is CC(Cc1cccc(OCC(=O)Nc2ccncc2)c1)NS(=O)[O-]. The first-order valence-electron chi connectivity index (χ1n) is 7.30. The molecule has 1 aromatic heterocycles. The van der Waals surface area contributed by atoms with Gasteiger partial charge in [0.2, 0.25) is 0 Å².